The van der Waals surface area contributed by atoms with E-state index in [1.807, 2.05) is 0 Å². The van der Waals surface area contributed by atoms with Crippen LogP contribution in [0.4, 0.5) is 0 Å². The molecule has 3 aliphatic rings. The third-order valence-corrected chi connectivity index (χ3v) is 5.94. The van der Waals surface area contributed by atoms with Gasteiger partial charge in [0.25, 0.3) is 0 Å². The van der Waals surface area contributed by atoms with Crippen LogP contribution in [0.3, 0.4) is 0 Å². The van der Waals surface area contributed by atoms with Gasteiger partial charge in [-0.05, 0) is 44.1 Å². The Balaban J connectivity index is 0.00000156. The van der Waals surface area contributed by atoms with Crippen molar-refractivity contribution in [1.82, 2.24) is 10.2 Å². The molecular weight excluding hydrogens is 282 g/mol. The summed E-state index contributed by atoms with van der Waals surface area (Å²) in [6.07, 6.45) is 7.91. The molecule has 1 heterocycles. The van der Waals surface area contributed by atoms with Gasteiger partial charge in [0.05, 0.1) is 0 Å². The van der Waals surface area contributed by atoms with Gasteiger partial charge >= 0.3 is 0 Å². The standard InChI is InChI=1S/C19H29N3.CH4/c20-15-10-11-22(13-15)17-8-6-16(7-9-17)21-19-12-18(19)14-4-2-1-3-5-14;/h1-5,15-19,21H,6-13,20H2;1H4/t15-,16?,17?,18-,19+;/m1./s1. The average Bonchev–Trinajstić information content (AvgIpc) is 3.19. The van der Waals surface area contributed by atoms with E-state index in [1.165, 1.54) is 50.6 Å². The summed E-state index contributed by atoms with van der Waals surface area (Å²) in [6, 6.07) is 13.7. The number of nitrogens with one attached hydrogen (secondary N) is 1. The maximum Gasteiger partial charge on any atom is 0.0180 e. The predicted molar refractivity (Wildman–Crippen MR) is 97.7 cm³/mol. The predicted octanol–water partition coefficient (Wildman–Crippen LogP) is 3.11. The maximum absolute atomic E-state index is 6.05. The quantitative estimate of drug-likeness (QED) is 0.897. The molecule has 3 fully saturated rings. The first kappa shape index (κ1) is 16.9. The van der Waals surface area contributed by atoms with E-state index in [2.05, 4.69) is 40.5 Å². The van der Waals surface area contributed by atoms with E-state index >= 15 is 0 Å². The van der Waals surface area contributed by atoms with Gasteiger partial charge in [-0.1, -0.05) is 37.8 Å². The minimum absolute atomic E-state index is 0. The molecule has 1 aliphatic heterocycles. The number of likely N-dealkylation sites (tertiary alicyclic amines) is 1. The molecule has 1 aromatic carbocycles. The van der Waals surface area contributed by atoms with E-state index in [9.17, 15) is 0 Å². The molecule has 23 heavy (non-hydrogen) atoms. The van der Waals surface area contributed by atoms with Gasteiger partial charge < -0.3 is 11.1 Å². The summed E-state index contributed by atoms with van der Waals surface area (Å²) >= 11 is 0. The SMILES string of the molecule is C.N[C@@H]1CCN(C2CCC(N[C@H]3C[C@@H]3c3ccccc3)CC2)C1. The highest BCUT2D eigenvalue weighted by atomic mass is 15.2. The van der Waals surface area contributed by atoms with Crippen molar-refractivity contribution < 1.29 is 0 Å². The fourth-order valence-electron chi connectivity index (χ4n) is 4.51. The molecule has 2 saturated carbocycles. The lowest BCUT2D eigenvalue weighted by Crippen LogP contribution is -2.43. The molecule has 128 valence electrons. The Morgan fingerprint density at radius 2 is 1.74 bits per heavy atom. The second kappa shape index (κ2) is 7.33. The van der Waals surface area contributed by atoms with E-state index in [0.29, 0.717) is 6.04 Å². The topological polar surface area (TPSA) is 41.3 Å². The highest BCUT2D eigenvalue weighted by Crippen LogP contribution is 2.41. The van der Waals surface area contributed by atoms with Gasteiger partial charge in [0, 0.05) is 43.2 Å². The zero-order chi connectivity index (χ0) is 14.9. The van der Waals surface area contributed by atoms with Gasteiger partial charge in [0.15, 0.2) is 0 Å². The largest absolute Gasteiger partial charge is 0.326 e. The van der Waals surface area contributed by atoms with Crippen molar-refractivity contribution in [2.24, 2.45) is 5.73 Å². The summed E-state index contributed by atoms with van der Waals surface area (Å²) in [7, 11) is 0. The zero-order valence-electron chi connectivity index (χ0n) is 13.5. The van der Waals surface area contributed by atoms with Crippen LogP contribution >= 0.6 is 0 Å². The lowest BCUT2D eigenvalue weighted by atomic mass is 9.90. The molecule has 0 unspecified atom stereocenters. The fourth-order valence-corrected chi connectivity index (χ4v) is 4.51. The molecule has 1 aromatic rings. The van der Waals surface area contributed by atoms with E-state index in [4.69, 9.17) is 5.73 Å². The Labute approximate surface area is 141 Å². The summed E-state index contributed by atoms with van der Waals surface area (Å²) in [6.45, 7) is 2.35. The molecule has 0 amide bonds. The van der Waals surface area contributed by atoms with Gasteiger partial charge in [0.1, 0.15) is 0 Å². The van der Waals surface area contributed by atoms with Crippen LogP contribution in [0, 0.1) is 0 Å². The van der Waals surface area contributed by atoms with Crippen LogP contribution in [0.25, 0.3) is 0 Å². The second-order valence-corrected chi connectivity index (χ2v) is 7.58. The molecule has 0 bridgehead atoms. The summed E-state index contributed by atoms with van der Waals surface area (Å²) in [5, 5.41) is 3.92. The first-order valence-corrected chi connectivity index (χ1v) is 9.10. The average molecular weight is 316 g/mol. The van der Waals surface area contributed by atoms with Crippen LogP contribution < -0.4 is 11.1 Å². The van der Waals surface area contributed by atoms with Crippen LogP contribution in [0.15, 0.2) is 30.3 Å². The molecule has 4 rings (SSSR count). The molecule has 0 spiro atoms. The third kappa shape index (κ3) is 3.96. The fraction of sp³-hybridized carbons (Fsp3) is 0.700. The summed E-state index contributed by atoms with van der Waals surface area (Å²) in [5.74, 6) is 0.760. The summed E-state index contributed by atoms with van der Waals surface area (Å²) in [5.41, 5.74) is 7.56. The molecule has 2 aliphatic carbocycles. The van der Waals surface area contributed by atoms with Crippen molar-refractivity contribution in [3.05, 3.63) is 35.9 Å². The Kier molecular flexibility index (Phi) is 5.40. The van der Waals surface area contributed by atoms with Gasteiger partial charge in [-0.15, -0.1) is 0 Å². The van der Waals surface area contributed by atoms with Gasteiger partial charge in [0.2, 0.25) is 0 Å². The normalized spacial score (nSPS) is 37.3. The minimum atomic E-state index is 0. The molecule has 0 radical (unpaired) electrons. The van der Waals surface area contributed by atoms with Gasteiger partial charge in [-0.3, -0.25) is 4.90 Å². The van der Waals surface area contributed by atoms with Crippen LogP contribution in [0.5, 0.6) is 0 Å². The van der Waals surface area contributed by atoms with Gasteiger partial charge in [-0.2, -0.15) is 0 Å². The zero-order valence-corrected chi connectivity index (χ0v) is 13.5. The highest BCUT2D eigenvalue weighted by molar-refractivity contribution is 5.27. The van der Waals surface area contributed by atoms with Crippen LogP contribution in [-0.2, 0) is 0 Å². The number of hydrogen-bond acceptors (Lipinski definition) is 3. The molecular formula is C20H33N3. The van der Waals surface area contributed by atoms with Crippen molar-refractivity contribution in [3.63, 3.8) is 0 Å². The third-order valence-electron chi connectivity index (χ3n) is 5.94. The van der Waals surface area contributed by atoms with Gasteiger partial charge in [-0.25, -0.2) is 0 Å². The highest BCUT2D eigenvalue weighted by Gasteiger charge is 2.40. The molecule has 0 aromatic heterocycles. The number of nitrogens with two attached hydrogens (primary N) is 1. The maximum atomic E-state index is 6.05. The summed E-state index contributed by atoms with van der Waals surface area (Å²) < 4.78 is 0. The first-order valence-electron chi connectivity index (χ1n) is 9.10. The Hall–Kier alpha value is -0.900. The van der Waals surface area contributed by atoms with E-state index < -0.39 is 0 Å². The van der Waals surface area contributed by atoms with Crippen molar-refractivity contribution in [2.45, 2.75) is 76.0 Å². The second-order valence-electron chi connectivity index (χ2n) is 7.58. The molecule has 3 nitrogen and oxygen atoms in total. The first-order chi connectivity index (χ1) is 10.8. The minimum Gasteiger partial charge on any atom is -0.326 e. The Morgan fingerprint density at radius 3 is 2.39 bits per heavy atom. The Bertz CT molecular complexity index is 481. The van der Waals surface area contributed by atoms with Crippen LogP contribution in [0.2, 0.25) is 0 Å². The number of hydrogen-bond donors (Lipinski definition) is 2. The number of benzene rings is 1. The molecule has 3 N–H and O–H groups in total. The van der Waals surface area contributed by atoms with E-state index in [1.54, 1.807) is 0 Å². The van der Waals surface area contributed by atoms with Crippen molar-refractivity contribution in [3.8, 4) is 0 Å². The monoisotopic (exact) mass is 315 g/mol. The van der Waals surface area contributed by atoms with E-state index in [0.717, 1.165) is 30.6 Å². The van der Waals surface area contributed by atoms with Crippen LogP contribution in [0.1, 0.15) is 57.4 Å². The number of nitrogens with zero attached hydrogens (tertiary/aromatic N) is 1. The molecule has 3 atom stereocenters. The van der Waals surface area contributed by atoms with E-state index in [-0.39, 0.29) is 7.43 Å². The molecule has 1 saturated heterocycles. The lowest BCUT2D eigenvalue weighted by Gasteiger charge is -2.35. The molecule has 3 heteroatoms. The lowest BCUT2D eigenvalue weighted by molar-refractivity contribution is 0.171. The smallest absolute Gasteiger partial charge is 0.0180 e. The van der Waals surface area contributed by atoms with Crippen molar-refractivity contribution in [1.29, 1.82) is 0 Å². The Morgan fingerprint density at radius 1 is 1.00 bits per heavy atom. The number of rotatable bonds is 4. The van der Waals surface area contributed by atoms with Crippen LogP contribution in [-0.4, -0.2) is 42.2 Å². The van der Waals surface area contributed by atoms with Crippen molar-refractivity contribution in [2.75, 3.05) is 13.1 Å². The summed E-state index contributed by atoms with van der Waals surface area (Å²) in [4.78, 5) is 2.64. The van der Waals surface area contributed by atoms with Crippen molar-refractivity contribution >= 4 is 0 Å².